The van der Waals surface area contributed by atoms with Crippen LogP contribution in [0.3, 0.4) is 0 Å². The Bertz CT molecular complexity index is 258. The first-order valence-electron chi connectivity index (χ1n) is 4.00. The number of hydrogen-bond donors (Lipinski definition) is 0. The number of halogens is 3. The molecular weight excluding hydrogens is 212 g/mol. The molecule has 0 aliphatic heterocycles. The second-order valence-corrected chi connectivity index (χ2v) is 2.27. The first kappa shape index (κ1) is 13.3. The Morgan fingerprint density at radius 2 is 1.64 bits per heavy atom. The van der Waals surface area contributed by atoms with Crippen LogP contribution >= 0.6 is 9.24 Å². The Hall–Kier alpha value is -0.700. The molecule has 6 heteroatoms. The smallest absolute Gasteiger partial charge is 0.233 e. The Kier molecular flexibility index (Phi) is 5.62. The average molecular weight is 224 g/mol. The summed E-state index contributed by atoms with van der Waals surface area (Å²) in [6, 6.07) is 0. The number of aryl methyl sites for hydroxylation is 1. The third-order valence-electron chi connectivity index (χ3n) is 1.37. The molecule has 1 heterocycles. The molecule has 1 rings (SSSR count). The number of hydrogen-bond acceptors (Lipinski definition) is 2. The van der Waals surface area contributed by atoms with Crippen molar-refractivity contribution >= 4 is 9.24 Å². The molecule has 0 fully saturated rings. The van der Waals surface area contributed by atoms with E-state index < -0.39 is 12.0 Å². The van der Waals surface area contributed by atoms with Crippen molar-refractivity contribution in [3.05, 3.63) is 23.8 Å². The average Bonchev–Trinajstić information content (AvgIpc) is 2.20. The molecule has 1 aromatic rings. The minimum absolute atomic E-state index is 0.637. The Balaban J connectivity index is 0.000000791. The molecule has 80 valence electrons. The monoisotopic (exact) mass is 224 g/mol. The molecule has 2 nitrogen and oxygen atoms in total. The zero-order valence-corrected chi connectivity index (χ0v) is 9.12. The minimum Gasteiger partial charge on any atom is -0.233 e. The third kappa shape index (κ3) is 4.01. The number of alkyl halides is 3. The molecule has 0 radical (unpaired) electrons. The van der Waals surface area contributed by atoms with Gasteiger partial charge < -0.3 is 0 Å². The van der Waals surface area contributed by atoms with Crippen LogP contribution < -0.4 is 0 Å². The van der Waals surface area contributed by atoms with Gasteiger partial charge in [-0.25, -0.2) is 9.97 Å². The fourth-order valence-corrected chi connectivity index (χ4v) is 0.684. The molecule has 0 saturated carbocycles. The maximum atomic E-state index is 11.9. The summed E-state index contributed by atoms with van der Waals surface area (Å²) in [5.74, 6) is -1.08. The van der Waals surface area contributed by atoms with E-state index in [1.807, 2.05) is 13.6 Å². The van der Waals surface area contributed by atoms with Crippen molar-refractivity contribution in [2.24, 2.45) is 0 Å². The lowest BCUT2D eigenvalue weighted by Crippen LogP contribution is -2.10. The molecule has 0 aliphatic carbocycles. The summed E-state index contributed by atoms with van der Waals surface area (Å²) in [5.41, 5.74) is 0.697. The van der Waals surface area contributed by atoms with Crippen molar-refractivity contribution < 1.29 is 13.2 Å². The molecule has 1 aromatic heterocycles. The van der Waals surface area contributed by atoms with Crippen LogP contribution in [0.1, 0.15) is 18.3 Å². The minimum atomic E-state index is -4.44. The lowest BCUT2D eigenvalue weighted by Gasteiger charge is -2.03. The van der Waals surface area contributed by atoms with E-state index in [0.717, 1.165) is 0 Å². The predicted molar refractivity (Wildman–Crippen MR) is 52.0 cm³/mol. The molecule has 0 N–H and O–H groups in total. The van der Waals surface area contributed by atoms with E-state index in [2.05, 4.69) is 19.2 Å². The highest BCUT2D eigenvalue weighted by molar-refractivity contribution is 7.15. The van der Waals surface area contributed by atoms with Gasteiger partial charge in [-0.05, 0) is 12.0 Å². The zero-order chi connectivity index (χ0) is 11.2. The van der Waals surface area contributed by atoms with Crippen molar-refractivity contribution in [3.8, 4) is 0 Å². The predicted octanol–water partition coefficient (Wildman–Crippen LogP) is 2.55. The number of aromatic nitrogens is 2. The lowest BCUT2D eigenvalue weighted by molar-refractivity contribution is -0.145. The van der Waals surface area contributed by atoms with E-state index >= 15 is 0 Å². The highest BCUT2D eigenvalue weighted by atomic mass is 31.0. The van der Waals surface area contributed by atoms with Crippen LogP contribution in [0.25, 0.3) is 0 Å². The third-order valence-corrected chi connectivity index (χ3v) is 1.37. The second-order valence-electron chi connectivity index (χ2n) is 2.27. The van der Waals surface area contributed by atoms with E-state index in [1.54, 1.807) is 0 Å². The summed E-state index contributed by atoms with van der Waals surface area (Å²) in [5, 5.41) is 0. The molecule has 0 bridgehead atoms. The van der Waals surface area contributed by atoms with Gasteiger partial charge in [0, 0.05) is 12.4 Å². The van der Waals surface area contributed by atoms with Crippen LogP contribution in [0, 0.1) is 0 Å². The number of nitrogens with zero attached hydrogens (tertiary/aromatic N) is 2. The maximum absolute atomic E-state index is 11.9. The lowest BCUT2D eigenvalue weighted by atomic mass is 10.3. The van der Waals surface area contributed by atoms with E-state index in [0.29, 0.717) is 12.0 Å². The Morgan fingerprint density at radius 3 is 1.93 bits per heavy atom. The molecule has 0 spiro atoms. The van der Waals surface area contributed by atoms with Gasteiger partial charge in [0.2, 0.25) is 5.82 Å². The van der Waals surface area contributed by atoms with Crippen LogP contribution in [-0.4, -0.2) is 16.6 Å². The van der Waals surface area contributed by atoms with Gasteiger partial charge in [0.25, 0.3) is 0 Å². The molecule has 0 saturated heterocycles. The molecule has 1 atom stereocenters. The SMILES string of the molecule is CCc1cnc(C(F)(F)F)nc1.CP. The van der Waals surface area contributed by atoms with Gasteiger partial charge in [-0.2, -0.15) is 13.2 Å². The quantitative estimate of drug-likeness (QED) is 0.685. The largest absolute Gasteiger partial charge is 0.451 e. The summed E-state index contributed by atoms with van der Waals surface area (Å²) < 4.78 is 35.7. The van der Waals surface area contributed by atoms with Crippen LogP contribution in [0.2, 0.25) is 0 Å². The van der Waals surface area contributed by atoms with Crippen LogP contribution in [0.15, 0.2) is 12.4 Å². The zero-order valence-electron chi connectivity index (χ0n) is 7.97. The molecule has 0 aromatic carbocycles. The van der Waals surface area contributed by atoms with Crippen molar-refractivity contribution in [2.45, 2.75) is 19.5 Å². The fraction of sp³-hybridized carbons (Fsp3) is 0.500. The van der Waals surface area contributed by atoms with Crippen molar-refractivity contribution in [1.29, 1.82) is 0 Å². The van der Waals surface area contributed by atoms with E-state index in [4.69, 9.17) is 0 Å². The summed E-state index contributed by atoms with van der Waals surface area (Å²) in [6.45, 7) is 3.74. The summed E-state index contributed by atoms with van der Waals surface area (Å²) in [7, 11) is 2.42. The van der Waals surface area contributed by atoms with Crippen LogP contribution in [0.4, 0.5) is 13.2 Å². The normalized spacial score (nSPS) is 10.4. The maximum Gasteiger partial charge on any atom is 0.451 e. The molecule has 0 amide bonds. The van der Waals surface area contributed by atoms with Crippen molar-refractivity contribution in [3.63, 3.8) is 0 Å². The van der Waals surface area contributed by atoms with Gasteiger partial charge in [-0.3, -0.25) is 0 Å². The molecule has 14 heavy (non-hydrogen) atoms. The standard InChI is InChI=1S/C7H7F3N2.CH5P/c1-2-5-3-11-6(12-4-5)7(8,9)10;1-2/h3-4H,2H2,1H3;2H2,1H3. The van der Waals surface area contributed by atoms with E-state index in [9.17, 15) is 13.2 Å². The first-order valence-corrected chi connectivity index (χ1v) is 5.15. The van der Waals surface area contributed by atoms with Crippen molar-refractivity contribution in [2.75, 3.05) is 6.66 Å². The van der Waals surface area contributed by atoms with Gasteiger partial charge in [-0.15, -0.1) is 9.24 Å². The fourth-order valence-electron chi connectivity index (χ4n) is 0.684. The van der Waals surface area contributed by atoms with Gasteiger partial charge in [0.15, 0.2) is 0 Å². The summed E-state index contributed by atoms with van der Waals surface area (Å²) >= 11 is 0. The summed E-state index contributed by atoms with van der Waals surface area (Å²) in [6.07, 6.45) is -1.42. The molecule has 0 aliphatic rings. The van der Waals surface area contributed by atoms with Crippen molar-refractivity contribution in [1.82, 2.24) is 9.97 Å². The highest BCUT2D eigenvalue weighted by Gasteiger charge is 2.34. The highest BCUT2D eigenvalue weighted by Crippen LogP contribution is 2.25. The molecular formula is C8H12F3N2P. The van der Waals surface area contributed by atoms with Gasteiger partial charge in [0.1, 0.15) is 0 Å². The van der Waals surface area contributed by atoms with Gasteiger partial charge in [0.05, 0.1) is 0 Å². The van der Waals surface area contributed by atoms with Gasteiger partial charge in [-0.1, -0.05) is 13.6 Å². The number of rotatable bonds is 1. The topological polar surface area (TPSA) is 25.8 Å². The van der Waals surface area contributed by atoms with Crippen LogP contribution in [0.5, 0.6) is 0 Å². The first-order chi connectivity index (χ1) is 6.54. The second kappa shape index (κ2) is 5.91. The Labute approximate surface area is 83.2 Å². The summed E-state index contributed by atoms with van der Waals surface area (Å²) in [4.78, 5) is 6.37. The van der Waals surface area contributed by atoms with E-state index in [-0.39, 0.29) is 0 Å². The van der Waals surface area contributed by atoms with Crippen LogP contribution in [-0.2, 0) is 12.6 Å². The van der Waals surface area contributed by atoms with E-state index in [1.165, 1.54) is 12.4 Å². The Morgan fingerprint density at radius 1 is 1.21 bits per heavy atom. The van der Waals surface area contributed by atoms with Gasteiger partial charge >= 0.3 is 6.18 Å². The molecule has 1 unspecified atom stereocenters.